The molecular formula is C15H20N2O7S2. The second-order valence-corrected chi connectivity index (χ2v) is 10.4. The number of esters is 1. The fraction of sp³-hybridized carbons (Fsp3) is 0.467. The monoisotopic (exact) mass is 404 g/mol. The molecule has 0 spiro atoms. The van der Waals surface area contributed by atoms with Crippen LogP contribution in [0.5, 0.6) is 0 Å². The molecule has 1 atom stereocenters. The van der Waals surface area contributed by atoms with Crippen molar-refractivity contribution in [3.05, 3.63) is 29.8 Å². The number of hydrogen-bond acceptors (Lipinski definition) is 7. The van der Waals surface area contributed by atoms with Crippen molar-refractivity contribution in [2.75, 3.05) is 29.1 Å². The molecular weight excluding hydrogens is 384 g/mol. The summed E-state index contributed by atoms with van der Waals surface area (Å²) in [4.78, 5) is 24.1. The highest BCUT2D eigenvalue weighted by atomic mass is 32.2. The third-order valence-electron chi connectivity index (χ3n) is 3.72. The number of ether oxygens (including phenoxy) is 1. The van der Waals surface area contributed by atoms with Gasteiger partial charge in [-0.3, -0.25) is 9.52 Å². The number of benzene rings is 1. The zero-order chi connectivity index (χ0) is 19.6. The molecule has 1 saturated heterocycles. The van der Waals surface area contributed by atoms with Crippen molar-refractivity contribution in [1.82, 2.24) is 5.32 Å². The van der Waals surface area contributed by atoms with Gasteiger partial charge in [0.05, 0.1) is 34.6 Å². The minimum Gasteiger partial charge on any atom is -0.452 e. The second-order valence-electron chi connectivity index (χ2n) is 6.45. The van der Waals surface area contributed by atoms with Crippen molar-refractivity contribution in [2.45, 2.75) is 18.9 Å². The molecule has 1 aliphatic rings. The summed E-state index contributed by atoms with van der Waals surface area (Å²) in [6.45, 7) is 1.00. The third kappa shape index (κ3) is 5.70. The standard InChI is InChI=1S/C15H20N2O7S2/c1-15(7-8-26(22,23)10-15)16-13(18)9-24-14(19)11-5-3-4-6-12(11)17-25(2,20)21/h3-6,17H,7-10H2,1-2H3,(H,16,18). The Kier molecular flexibility index (Phi) is 5.61. The first kappa shape index (κ1) is 20.2. The van der Waals surface area contributed by atoms with Gasteiger partial charge in [-0.2, -0.15) is 0 Å². The number of sulfonamides is 1. The van der Waals surface area contributed by atoms with Crippen LogP contribution in [-0.4, -0.2) is 58.6 Å². The Hall–Kier alpha value is -2.14. The van der Waals surface area contributed by atoms with Crippen molar-refractivity contribution in [3.63, 3.8) is 0 Å². The molecule has 1 aromatic rings. The lowest BCUT2D eigenvalue weighted by Crippen LogP contribution is -2.48. The van der Waals surface area contributed by atoms with Gasteiger partial charge < -0.3 is 10.1 Å². The topological polar surface area (TPSA) is 136 Å². The van der Waals surface area contributed by atoms with Crippen molar-refractivity contribution < 1.29 is 31.2 Å². The van der Waals surface area contributed by atoms with E-state index in [4.69, 9.17) is 4.74 Å². The zero-order valence-corrected chi connectivity index (χ0v) is 15.9. The van der Waals surface area contributed by atoms with E-state index in [-0.39, 0.29) is 29.2 Å². The highest BCUT2D eigenvalue weighted by Crippen LogP contribution is 2.22. The van der Waals surface area contributed by atoms with E-state index in [1.807, 2.05) is 0 Å². The molecule has 1 heterocycles. The molecule has 1 unspecified atom stereocenters. The van der Waals surface area contributed by atoms with Crippen LogP contribution in [0, 0.1) is 0 Å². The number of carbonyl (C=O) groups is 2. The molecule has 1 fully saturated rings. The maximum atomic E-state index is 12.1. The van der Waals surface area contributed by atoms with Crippen LogP contribution in [0.4, 0.5) is 5.69 Å². The minimum absolute atomic E-state index is 0.00585. The van der Waals surface area contributed by atoms with E-state index < -0.39 is 43.9 Å². The molecule has 1 aliphatic heterocycles. The Labute approximate surface area is 152 Å². The molecule has 0 saturated carbocycles. The number of para-hydroxylation sites is 1. The normalized spacial score (nSPS) is 21.8. The Morgan fingerprint density at radius 2 is 1.92 bits per heavy atom. The summed E-state index contributed by atoms with van der Waals surface area (Å²) in [6, 6.07) is 5.81. The van der Waals surface area contributed by atoms with Gasteiger partial charge in [-0.25, -0.2) is 21.6 Å². The van der Waals surface area contributed by atoms with Gasteiger partial charge >= 0.3 is 5.97 Å². The van der Waals surface area contributed by atoms with Crippen LogP contribution in [0.15, 0.2) is 24.3 Å². The number of anilines is 1. The van der Waals surface area contributed by atoms with Crippen molar-refractivity contribution >= 4 is 37.4 Å². The van der Waals surface area contributed by atoms with E-state index in [0.29, 0.717) is 0 Å². The quantitative estimate of drug-likeness (QED) is 0.632. The van der Waals surface area contributed by atoms with Crippen LogP contribution in [0.3, 0.4) is 0 Å². The molecule has 26 heavy (non-hydrogen) atoms. The summed E-state index contributed by atoms with van der Waals surface area (Å²) < 4.78 is 52.9. The first-order valence-corrected chi connectivity index (χ1v) is 11.4. The smallest absolute Gasteiger partial charge is 0.340 e. The zero-order valence-electron chi connectivity index (χ0n) is 14.3. The maximum absolute atomic E-state index is 12.1. The average molecular weight is 404 g/mol. The maximum Gasteiger partial charge on any atom is 0.340 e. The van der Waals surface area contributed by atoms with Crippen molar-refractivity contribution in [2.24, 2.45) is 0 Å². The molecule has 0 aromatic heterocycles. The first-order chi connectivity index (χ1) is 11.9. The number of carbonyl (C=O) groups excluding carboxylic acids is 2. The number of hydrogen-bond donors (Lipinski definition) is 2. The molecule has 2 N–H and O–H groups in total. The molecule has 0 radical (unpaired) electrons. The van der Waals surface area contributed by atoms with Crippen LogP contribution < -0.4 is 10.0 Å². The second kappa shape index (κ2) is 7.23. The summed E-state index contributed by atoms with van der Waals surface area (Å²) in [5.74, 6) is -1.68. The van der Waals surface area contributed by atoms with E-state index in [1.54, 1.807) is 13.0 Å². The van der Waals surface area contributed by atoms with Gasteiger partial charge in [0, 0.05) is 0 Å². The average Bonchev–Trinajstić information content (AvgIpc) is 2.77. The van der Waals surface area contributed by atoms with Crippen LogP contribution in [0.1, 0.15) is 23.7 Å². The first-order valence-electron chi connectivity index (χ1n) is 7.65. The van der Waals surface area contributed by atoms with E-state index in [9.17, 15) is 26.4 Å². The Balaban J connectivity index is 1.98. The molecule has 1 amide bonds. The van der Waals surface area contributed by atoms with Crippen LogP contribution in [-0.2, 0) is 29.4 Å². The summed E-state index contributed by atoms with van der Waals surface area (Å²) in [5.41, 5.74) is -0.896. The highest BCUT2D eigenvalue weighted by Gasteiger charge is 2.39. The van der Waals surface area contributed by atoms with Gasteiger partial charge in [-0.15, -0.1) is 0 Å². The fourth-order valence-corrected chi connectivity index (χ4v) is 5.31. The minimum atomic E-state index is -3.59. The number of amides is 1. The number of rotatable bonds is 6. The van der Waals surface area contributed by atoms with Gasteiger partial charge in [0.1, 0.15) is 0 Å². The SMILES string of the molecule is CC1(NC(=O)COC(=O)c2ccccc2NS(C)(=O)=O)CCS(=O)(=O)C1. The fourth-order valence-electron chi connectivity index (χ4n) is 2.64. The van der Waals surface area contributed by atoms with Gasteiger partial charge in [-0.1, -0.05) is 12.1 Å². The number of sulfone groups is 1. The van der Waals surface area contributed by atoms with E-state index >= 15 is 0 Å². The molecule has 0 bridgehead atoms. The number of nitrogens with one attached hydrogen (secondary N) is 2. The van der Waals surface area contributed by atoms with Crippen LogP contribution in [0.2, 0.25) is 0 Å². The lowest BCUT2D eigenvalue weighted by atomic mass is 10.0. The third-order valence-corrected chi connectivity index (χ3v) is 6.22. The van der Waals surface area contributed by atoms with Crippen LogP contribution >= 0.6 is 0 Å². The Morgan fingerprint density at radius 3 is 2.50 bits per heavy atom. The molecule has 144 valence electrons. The lowest BCUT2D eigenvalue weighted by molar-refractivity contribution is -0.125. The largest absolute Gasteiger partial charge is 0.452 e. The molecule has 0 aliphatic carbocycles. The van der Waals surface area contributed by atoms with E-state index in [0.717, 1.165) is 6.26 Å². The Bertz CT molecular complexity index is 925. The predicted molar refractivity (Wildman–Crippen MR) is 95.0 cm³/mol. The van der Waals surface area contributed by atoms with Gasteiger partial charge in [0.25, 0.3) is 5.91 Å². The van der Waals surface area contributed by atoms with Gasteiger partial charge in [0.2, 0.25) is 10.0 Å². The van der Waals surface area contributed by atoms with E-state index in [2.05, 4.69) is 10.0 Å². The van der Waals surface area contributed by atoms with Crippen LogP contribution in [0.25, 0.3) is 0 Å². The summed E-state index contributed by atoms with van der Waals surface area (Å²) >= 11 is 0. The Morgan fingerprint density at radius 1 is 1.27 bits per heavy atom. The van der Waals surface area contributed by atoms with Crippen molar-refractivity contribution in [3.8, 4) is 0 Å². The molecule has 11 heteroatoms. The molecule has 1 aromatic carbocycles. The summed E-state index contributed by atoms with van der Waals surface area (Å²) in [7, 11) is -6.78. The van der Waals surface area contributed by atoms with Gasteiger partial charge in [-0.05, 0) is 25.5 Å². The van der Waals surface area contributed by atoms with Gasteiger partial charge in [0.15, 0.2) is 16.4 Å². The molecule has 9 nitrogen and oxygen atoms in total. The van der Waals surface area contributed by atoms with Crippen molar-refractivity contribution in [1.29, 1.82) is 0 Å². The molecule has 2 rings (SSSR count). The summed E-state index contributed by atoms with van der Waals surface area (Å²) in [6.07, 6.45) is 1.23. The van der Waals surface area contributed by atoms with E-state index in [1.165, 1.54) is 18.2 Å². The highest BCUT2D eigenvalue weighted by molar-refractivity contribution is 7.92. The lowest BCUT2D eigenvalue weighted by Gasteiger charge is -2.23. The predicted octanol–water partition coefficient (Wildman–Crippen LogP) is -0.0917. The summed E-state index contributed by atoms with van der Waals surface area (Å²) in [5, 5.41) is 2.56.